The van der Waals surface area contributed by atoms with Crippen LogP contribution in [-0.4, -0.2) is 191 Å². The first-order valence-electron chi connectivity index (χ1n) is 46.5. The van der Waals surface area contributed by atoms with Crippen LogP contribution in [0.4, 0.5) is 41.4 Å². The van der Waals surface area contributed by atoms with E-state index in [0.717, 1.165) is 203 Å². The molecule has 0 radical (unpaired) electrons. The molecule has 0 bridgehead atoms. The maximum atomic E-state index is 13.7. The highest BCUT2D eigenvalue weighted by Gasteiger charge is 2.27. The van der Waals surface area contributed by atoms with Gasteiger partial charge in [-0.2, -0.15) is 0 Å². The molecule has 0 amide bonds. The molecule has 0 aliphatic rings. The molecule has 0 aliphatic carbocycles. The Balaban J connectivity index is 0.000000154. The fourth-order valence-corrected chi connectivity index (χ4v) is 15.3. The number of hydrogen-bond acceptors (Lipinski definition) is 21. The van der Waals surface area contributed by atoms with Crippen molar-refractivity contribution < 1.29 is 22.3 Å². The Bertz CT molecular complexity index is 6730. The van der Waals surface area contributed by atoms with E-state index in [-0.39, 0.29) is 44.9 Å². The minimum Gasteiger partial charge on any atom is -0.383 e. The van der Waals surface area contributed by atoms with Crippen LogP contribution >= 0.6 is 0 Å². The third-order valence-corrected chi connectivity index (χ3v) is 22.2. The zero-order valence-corrected chi connectivity index (χ0v) is 82.3. The number of fused-ring (bicyclic) bond motifs is 4. The number of terminal acetylenes is 1. The molecule has 0 aliphatic heterocycles. The largest absolute Gasteiger partial charge is 0.383 e. The van der Waals surface area contributed by atoms with Crippen LogP contribution in [0.2, 0.25) is 0 Å². The molecule has 16 aromatic rings. The van der Waals surface area contributed by atoms with Gasteiger partial charge in [0.15, 0.2) is 0 Å². The van der Waals surface area contributed by atoms with Crippen molar-refractivity contribution in [2.75, 3.05) is 115 Å². The number of rotatable bonds is 32. The van der Waals surface area contributed by atoms with E-state index in [0.29, 0.717) is 43.5 Å². The van der Waals surface area contributed by atoms with Gasteiger partial charge in [0.25, 0.3) is 0 Å². The average molecular weight is 1850 g/mol. The van der Waals surface area contributed by atoms with Crippen molar-refractivity contribution in [3.8, 4) is 103 Å². The van der Waals surface area contributed by atoms with Crippen molar-refractivity contribution in [1.82, 2.24) is 97.0 Å². The van der Waals surface area contributed by atoms with Gasteiger partial charge in [0.05, 0.1) is 81.5 Å². The van der Waals surface area contributed by atoms with Gasteiger partial charge in [-0.3, -0.25) is 32.3 Å². The SMILES string of the molecule is C#CCN(C)Cc1ccn2c(-c3ccnc(NCC(C)(C)C)n3)c(-c3ccc(F)cc3)nc2c1.CCCN(C)Cc1ccn2c(-c3ccnc(NCC(C)(C)C)n3)c(-c3ccc(F)cc3)nc2c1.CCN(CC)Cc1ccn2c(-c3ccnc(NCC(C)(C)C)n3)c(-c3ccc(F)cc3)nc2c1.COCCN(C)Cc1ccn2c(-c3ccnc(NCC(C)(C)C)n3)c(-c3ccc(F)cc3)nc2c1. The molecule has 29 heteroatoms. The van der Waals surface area contributed by atoms with Gasteiger partial charge in [0.2, 0.25) is 23.8 Å². The average Bonchev–Trinajstić information content (AvgIpc) is 1.63. The van der Waals surface area contributed by atoms with Gasteiger partial charge in [0.1, 0.15) is 45.9 Å². The molecule has 0 saturated heterocycles. The summed E-state index contributed by atoms with van der Waals surface area (Å²) in [5, 5.41) is 13.3. The van der Waals surface area contributed by atoms with Gasteiger partial charge < -0.3 is 30.9 Å². The minimum atomic E-state index is -0.288. The number of pyridine rings is 4. The first kappa shape index (κ1) is 101. The Morgan fingerprint density at radius 1 is 0.343 bits per heavy atom. The van der Waals surface area contributed by atoms with Crippen LogP contribution < -0.4 is 21.3 Å². The Hall–Kier alpha value is -13.8. The van der Waals surface area contributed by atoms with Crippen LogP contribution in [0.3, 0.4) is 0 Å². The number of methoxy groups -OCH3 is 1. The van der Waals surface area contributed by atoms with E-state index in [1.807, 2.05) is 71.0 Å². The normalized spacial score (nSPS) is 11.9. The molecule has 12 aromatic heterocycles. The van der Waals surface area contributed by atoms with Crippen LogP contribution in [0.5, 0.6) is 0 Å². The van der Waals surface area contributed by atoms with Crippen molar-refractivity contribution in [3.63, 3.8) is 0 Å². The summed E-state index contributed by atoms with van der Waals surface area (Å²) in [4.78, 5) is 65.5. The molecule has 4 aromatic carbocycles. The van der Waals surface area contributed by atoms with E-state index in [9.17, 15) is 17.6 Å². The van der Waals surface area contributed by atoms with Crippen LogP contribution in [0.15, 0.2) is 219 Å². The molecular formula is C108H128F4N24O. The quantitative estimate of drug-likeness (QED) is 0.0226. The summed E-state index contributed by atoms with van der Waals surface area (Å²) < 4.78 is 67.9. The molecule has 12 heterocycles. The smallest absolute Gasteiger partial charge is 0.223 e. The van der Waals surface area contributed by atoms with E-state index in [1.54, 1.807) is 80.4 Å². The Morgan fingerprint density at radius 2 is 0.599 bits per heavy atom. The Kier molecular flexibility index (Phi) is 33.3. The second-order valence-electron chi connectivity index (χ2n) is 39.3. The van der Waals surface area contributed by atoms with Gasteiger partial charge in [-0.15, -0.1) is 6.42 Å². The Labute approximate surface area is 802 Å². The topological polar surface area (TPSA) is 243 Å². The molecule has 0 fully saturated rings. The van der Waals surface area contributed by atoms with Gasteiger partial charge in [0, 0.05) is 138 Å². The highest BCUT2D eigenvalue weighted by molar-refractivity contribution is 5.85. The van der Waals surface area contributed by atoms with Crippen molar-refractivity contribution in [2.45, 2.75) is 136 Å². The maximum Gasteiger partial charge on any atom is 0.223 e. The number of nitrogens with zero attached hydrogens (tertiary/aromatic N) is 20. The molecular weight excluding hydrogens is 1730 g/mol. The number of anilines is 4. The number of hydrogen-bond donors (Lipinski definition) is 4. The molecule has 0 atom stereocenters. The summed E-state index contributed by atoms with van der Waals surface area (Å²) in [5.41, 5.74) is 21.0. The summed E-state index contributed by atoms with van der Waals surface area (Å²) >= 11 is 0. The predicted molar refractivity (Wildman–Crippen MR) is 545 cm³/mol. The monoisotopic (exact) mass is 1850 g/mol. The molecule has 0 saturated carbocycles. The first-order chi connectivity index (χ1) is 65.5. The van der Waals surface area contributed by atoms with Crippen LogP contribution in [0.25, 0.3) is 113 Å². The maximum absolute atomic E-state index is 13.7. The first-order valence-corrected chi connectivity index (χ1v) is 46.5. The lowest BCUT2D eigenvalue weighted by Crippen LogP contribution is -2.22. The number of aromatic nitrogens is 16. The zero-order valence-electron chi connectivity index (χ0n) is 82.3. The summed E-state index contributed by atoms with van der Waals surface area (Å²) in [7, 11) is 7.89. The molecule has 0 unspecified atom stereocenters. The van der Waals surface area contributed by atoms with Crippen molar-refractivity contribution in [3.05, 3.63) is 265 Å². The van der Waals surface area contributed by atoms with Crippen LogP contribution in [-0.2, 0) is 30.9 Å². The Morgan fingerprint density at radius 3 is 0.839 bits per heavy atom. The molecule has 4 N–H and O–H groups in total. The minimum absolute atomic E-state index is 0.0882. The summed E-state index contributed by atoms with van der Waals surface area (Å²) in [6, 6.07) is 50.0. The molecule has 0 spiro atoms. The second kappa shape index (κ2) is 45.3. The van der Waals surface area contributed by atoms with E-state index in [4.69, 9.17) is 51.0 Å². The highest BCUT2D eigenvalue weighted by Crippen LogP contribution is 2.39. The number of ether oxygens (including phenoxy) is 1. The van der Waals surface area contributed by atoms with E-state index >= 15 is 0 Å². The molecule has 137 heavy (non-hydrogen) atoms. The third kappa shape index (κ3) is 27.8. The number of imidazole rings is 4. The lowest BCUT2D eigenvalue weighted by Gasteiger charge is -2.19. The fraction of sp³-hybridized carbons (Fsp3) is 0.352. The number of nitrogens with one attached hydrogen (secondary N) is 4. The van der Waals surface area contributed by atoms with Gasteiger partial charge in [-0.05, 0) is 261 Å². The zero-order chi connectivity index (χ0) is 97.9. The van der Waals surface area contributed by atoms with E-state index in [1.165, 1.54) is 59.7 Å². The van der Waals surface area contributed by atoms with Crippen LogP contribution in [0, 0.1) is 57.3 Å². The molecule has 16 rings (SSSR count). The second-order valence-corrected chi connectivity index (χ2v) is 39.3. The third-order valence-electron chi connectivity index (χ3n) is 22.2. The molecule has 25 nitrogen and oxygen atoms in total. The highest BCUT2D eigenvalue weighted by atomic mass is 19.1. The standard InChI is InChI=1S/C27H33FN6O.C27H33FN6.C27H29FN6.C27H33FN6/c1-27(2,3)18-30-26-29-12-10-22(31-26)25-24(20-6-8-21(28)9-7-20)32-23-16-19(11-13-34(23)25)17-33(4)14-15-35-5;2*1-6-14-33(5)17-19-12-15-34-23(16-19)32-24(20-7-9-21(28)10-8-20)25(34)22-11-13-29-26(31-22)30-18-27(2,3)4;1-6-33(7-2)17-19-13-15-34-23(16-19)32-24(20-8-10-21(28)11-9-20)25(34)22-12-14-29-26(31-22)30-18-27(3,4)5/h6-13,16H,14-15,17-18H2,1-5H3,(H,29,30,31);7-13,15-16H,6,14,17-18H2,1-5H3,(H,29,30,31);1,7-13,15-16H,14,17-18H2,2-5H3,(H,29,30,31);8-16H,6-7,17-18H2,1-5H3,(H,29,30,31). The van der Waals surface area contributed by atoms with E-state index < -0.39 is 0 Å². The van der Waals surface area contributed by atoms with Gasteiger partial charge >= 0.3 is 0 Å². The van der Waals surface area contributed by atoms with Crippen molar-refractivity contribution in [2.24, 2.45) is 21.7 Å². The molecule has 714 valence electrons. The summed E-state index contributed by atoms with van der Waals surface area (Å²) in [6.07, 6.45) is 21.7. The predicted octanol–water partition coefficient (Wildman–Crippen LogP) is 22.0. The number of benzene rings is 4. The number of likely N-dealkylation sites (N-methyl/N-ethyl adjacent to an activating group) is 1. The lowest BCUT2D eigenvalue weighted by atomic mass is 9.97. The fourth-order valence-electron chi connectivity index (χ4n) is 15.3. The van der Waals surface area contributed by atoms with E-state index in [2.05, 4.69) is 236 Å². The van der Waals surface area contributed by atoms with Crippen LogP contribution in [0.1, 0.15) is 133 Å². The van der Waals surface area contributed by atoms with Crippen molar-refractivity contribution in [1.29, 1.82) is 0 Å². The lowest BCUT2D eigenvalue weighted by molar-refractivity contribution is 0.158. The number of halogens is 4. The summed E-state index contributed by atoms with van der Waals surface area (Å²) in [6.45, 7) is 43.7. The van der Waals surface area contributed by atoms with Gasteiger partial charge in [-0.1, -0.05) is 110 Å². The van der Waals surface area contributed by atoms with Crippen molar-refractivity contribution >= 4 is 46.4 Å². The van der Waals surface area contributed by atoms with Gasteiger partial charge in [-0.25, -0.2) is 77.4 Å². The summed E-state index contributed by atoms with van der Waals surface area (Å²) in [5.74, 6) is 3.82.